The molecule has 0 atom stereocenters. The maximum absolute atomic E-state index is 11.9. The van der Waals surface area contributed by atoms with E-state index >= 15 is 0 Å². The van der Waals surface area contributed by atoms with Crippen LogP contribution in [-0.2, 0) is 6.42 Å². The summed E-state index contributed by atoms with van der Waals surface area (Å²) in [6, 6.07) is 13.3. The number of nitriles is 1. The Balaban J connectivity index is 2.31. The Kier molecular flexibility index (Phi) is 5.80. The number of benzene rings is 1. The lowest BCUT2D eigenvalue weighted by Gasteiger charge is -2.09. The molecule has 0 unspecified atom stereocenters. The van der Waals surface area contributed by atoms with E-state index in [1.165, 1.54) is 17.8 Å². The molecule has 0 radical (unpaired) electrons. The number of thioether (sulfide) groups is 1. The fourth-order valence-corrected chi connectivity index (χ4v) is 2.88. The molecule has 0 saturated carbocycles. The van der Waals surface area contributed by atoms with Gasteiger partial charge in [0, 0.05) is 6.07 Å². The number of pyridine rings is 1. The van der Waals surface area contributed by atoms with E-state index in [4.69, 9.17) is 11.6 Å². The second-order valence-electron chi connectivity index (χ2n) is 4.66. The topological polar surface area (TPSA) is 133 Å². The highest BCUT2D eigenvalue weighted by Gasteiger charge is 2.12. The number of rotatable bonds is 6. The first-order valence-corrected chi connectivity index (χ1v) is 7.73. The maximum atomic E-state index is 11.9. The van der Waals surface area contributed by atoms with Crippen molar-refractivity contribution in [2.45, 2.75) is 11.4 Å². The lowest BCUT2D eigenvalue weighted by atomic mass is 10.0. The molecular formula is C15H16N6OS. The van der Waals surface area contributed by atoms with Gasteiger partial charge in [-0.2, -0.15) is 10.4 Å². The zero-order chi connectivity index (χ0) is 16.7. The molecule has 8 heteroatoms. The molecule has 1 aromatic heterocycles. The van der Waals surface area contributed by atoms with Crippen molar-refractivity contribution < 1.29 is 0 Å². The van der Waals surface area contributed by atoms with Crippen molar-refractivity contribution in [2.24, 2.45) is 16.7 Å². The summed E-state index contributed by atoms with van der Waals surface area (Å²) in [4.78, 5) is 14.5. The summed E-state index contributed by atoms with van der Waals surface area (Å²) in [5.74, 6) is 5.61. The summed E-state index contributed by atoms with van der Waals surface area (Å²) in [7, 11) is 0. The number of nitrogens with one attached hydrogen (secondary N) is 2. The van der Waals surface area contributed by atoms with Crippen LogP contribution in [0, 0.1) is 11.3 Å². The Hall–Kier alpha value is -2.76. The number of nitrogens with zero attached hydrogens (tertiary/aromatic N) is 2. The molecule has 2 rings (SSSR count). The number of H-pyrrole nitrogens is 1. The third kappa shape index (κ3) is 4.60. The van der Waals surface area contributed by atoms with Crippen molar-refractivity contribution in [2.75, 3.05) is 5.75 Å². The van der Waals surface area contributed by atoms with E-state index in [1.807, 2.05) is 30.3 Å². The third-order valence-electron chi connectivity index (χ3n) is 3.01. The fourth-order valence-electron chi connectivity index (χ4n) is 2.03. The fraction of sp³-hybridized carbons (Fsp3) is 0.133. The van der Waals surface area contributed by atoms with Crippen LogP contribution in [0.3, 0.4) is 0 Å². The molecule has 2 aromatic rings. The van der Waals surface area contributed by atoms with Crippen LogP contribution in [0.25, 0.3) is 0 Å². The number of amidine groups is 1. The average Bonchev–Trinajstić information content (AvgIpc) is 2.54. The first-order chi connectivity index (χ1) is 11.1. The third-order valence-corrected chi connectivity index (χ3v) is 4.05. The Labute approximate surface area is 137 Å². The largest absolute Gasteiger partial charge is 0.385 e. The number of aromatic amines is 1. The van der Waals surface area contributed by atoms with Crippen LogP contribution in [0.2, 0.25) is 0 Å². The van der Waals surface area contributed by atoms with Crippen molar-refractivity contribution in [3.63, 3.8) is 0 Å². The van der Waals surface area contributed by atoms with Crippen LogP contribution < -0.4 is 22.7 Å². The molecule has 0 saturated heterocycles. The minimum Gasteiger partial charge on any atom is -0.385 e. The molecule has 0 bridgehead atoms. The minimum atomic E-state index is -0.259. The van der Waals surface area contributed by atoms with Gasteiger partial charge in [-0.1, -0.05) is 42.1 Å². The number of hydrogen-bond donors (Lipinski definition) is 4. The van der Waals surface area contributed by atoms with Gasteiger partial charge in [0.05, 0.1) is 16.3 Å². The molecule has 23 heavy (non-hydrogen) atoms. The second kappa shape index (κ2) is 8.03. The van der Waals surface area contributed by atoms with Crippen molar-refractivity contribution >= 4 is 17.6 Å². The van der Waals surface area contributed by atoms with Crippen molar-refractivity contribution in [1.82, 2.24) is 10.5 Å². The van der Waals surface area contributed by atoms with Gasteiger partial charge in [-0.25, -0.2) is 11.4 Å². The van der Waals surface area contributed by atoms with Gasteiger partial charge in [0.15, 0.2) is 0 Å². The van der Waals surface area contributed by atoms with Crippen LogP contribution in [0.1, 0.15) is 16.7 Å². The first-order valence-electron chi connectivity index (χ1n) is 6.74. The highest BCUT2D eigenvalue weighted by Crippen LogP contribution is 2.22. The van der Waals surface area contributed by atoms with Gasteiger partial charge < -0.3 is 10.7 Å². The van der Waals surface area contributed by atoms with E-state index in [9.17, 15) is 10.1 Å². The van der Waals surface area contributed by atoms with Gasteiger partial charge in [0.2, 0.25) is 5.56 Å². The van der Waals surface area contributed by atoms with Gasteiger partial charge in [0.1, 0.15) is 11.9 Å². The number of aromatic nitrogens is 1. The molecule has 0 aliphatic carbocycles. The normalized spacial score (nSPS) is 11.0. The van der Waals surface area contributed by atoms with Gasteiger partial charge in [-0.15, -0.1) is 0 Å². The number of hydrazine groups is 1. The van der Waals surface area contributed by atoms with Gasteiger partial charge in [-0.3, -0.25) is 4.79 Å². The molecule has 7 nitrogen and oxygen atoms in total. The Bertz CT molecular complexity index is 794. The van der Waals surface area contributed by atoms with E-state index < -0.39 is 0 Å². The number of nitrogens with two attached hydrogens (primary N) is 2. The number of hydrogen-bond acceptors (Lipinski definition) is 6. The van der Waals surface area contributed by atoms with E-state index in [2.05, 4.69) is 21.7 Å². The molecule has 0 amide bonds. The highest BCUT2D eigenvalue weighted by molar-refractivity contribution is 8.00. The molecule has 0 aliphatic heterocycles. The number of hydrazone groups is 1. The predicted octanol–water partition coefficient (Wildman–Crippen LogP) is 0.665. The van der Waals surface area contributed by atoms with Gasteiger partial charge in [-0.05, 0) is 17.5 Å². The Morgan fingerprint density at radius 2 is 2.13 bits per heavy atom. The first kappa shape index (κ1) is 16.6. The second-order valence-corrected chi connectivity index (χ2v) is 5.64. The van der Waals surface area contributed by atoms with Crippen molar-refractivity contribution in [3.05, 3.63) is 63.4 Å². The van der Waals surface area contributed by atoms with E-state index in [0.29, 0.717) is 28.3 Å². The van der Waals surface area contributed by atoms with Crippen LogP contribution in [-0.4, -0.2) is 16.6 Å². The quantitative estimate of drug-likeness (QED) is 0.202. The zero-order valence-corrected chi connectivity index (χ0v) is 13.1. The zero-order valence-electron chi connectivity index (χ0n) is 12.2. The van der Waals surface area contributed by atoms with E-state index in [1.54, 1.807) is 0 Å². The SMILES string of the molecule is N#Cc1c(Cc2ccccc2)cc(=O)[nH]c1SC/C(N)=N/NN. The van der Waals surface area contributed by atoms with Crippen LogP contribution in [0.5, 0.6) is 0 Å². The minimum absolute atomic E-state index is 0.259. The Morgan fingerprint density at radius 3 is 2.78 bits per heavy atom. The van der Waals surface area contributed by atoms with Gasteiger partial charge >= 0.3 is 0 Å². The van der Waals surface area contributed by atoms with Crippen LogP contribution in [0.15, 0.2) is 51.3 Å². The molecule has 6 N–H and O–H groups in total. The molecule has 1 heterocycles. The monoisotopic (exact) mass is 328 g/mol. The molecule has 118 valence electrons. The van der Waals surface area contributed by atoms with Crippen molar-refractivity contribution in [1.29, 1.82) is 5.26 Å². The molecule has 1 aromatic carbocycles. The predicted molar refractivity (Wildman–Crippen MR) is 90.7 cm³/mol. The summed E-state index contributed by atoms with van der Waals surface area (Å²) >= 11 is 1.23. The molecule has 0 fully saturated rings. The summed E-state index contributed by atoms with van der Waals surface area (Å²) in [6.45, 7) is 0. The van der Waals surface area contributed by atoms with E-state index in [-0.39, 0.29) is 11.4 Å². The van der Waals surface area contributed by atoms with Crippen molar-refractivity contribution in [3.8, 4) is 6.07 Å². The smallest absolute Gasteiger partial charge is 0.249 e. The van der Waals surface area contributed by atoms with Crippen LogP contribution >= 0.6 is 11.8 Å². The lowest BCUT2D eigenvalue weighted by Crippen LogP contribution is -2.24. The summed E-state index contributed by atoms with van der Waals surface area (Å²) in [5.41, 5.74) is 9.62. The molecular weight excluding hydrogens is 312 g/mol. The lowest BCUT2D eigenvalue weighted by molar-refractivity contribution is 0.802. The Morgan fingerprint density at radius 1 is 1.39 bits per heavy atom. The highest BCUT2D eigenvalue weighted by atomic mass is 32.2. The standard InChI is InChI=1S/C15H16N6OS/c16-8-12-11(6-10-4-2-1-3-5-10)7-14(22)19-15(12)23-9-13(17)20-21-18/h1-5,7,21H,6,9,18H2,(H2,17,20)(H,19,22). The van der Waals surface area contributed by atoms with E-state index in [0.717, 1.165) is 5.56 Å². The molecule has 0 spiro atoms. The summed E-state index contributed by atoms with van der Waals surface area (Å²) in [6.07, 6.45) is 0.509. The maximum Gasteiger partial charge on any atom is 0.249 e. The average molecular weight is 328 g/mol. The van der Waals surface area contributed by atoms with Crippen LogP contribution in [0.4, 0.5) is 0 Å². The molecule has 0 aliphatic rings. The summed E-state index contributed by atoms with van der Waals surface area (Å²) < 4.78 is 0. The summed E-state index contributed by atoms with van der Waals surface area (Å²) in [5, 5.41) is 13.6. The van der Waals surface area contributed by atoms with Gasteiger partial charge in [0.25, 0.3) is 0 Å².